The van der Waals surface area contributed by atoms with Crippen molar-refractivity contribution in [3.8, 4) is 0 Å². The normalized spacial score (nSPS) is 16.9. The molecule has 0 amide bonds. The molecule has 0 unspecified atom stereocenters. The van der Waals surface area contributed by atoms with Crippen LogP contribution in [0.2, 0.25) is 0 Å². The summed E-state index contributed by atoms with van der Waals surface area (Å²) >= 11 is 0. The van der Waals surface area contributed by atoms with Crippen molar-refractivity contribution in [3.05, 3.63) is 39.9 Å². The zero-order valence-electron chi connectivity index (χ0n) is 9.72. The fraction of sp³-hybridized carbons (Fsp3) is 0.500. The third-order valence-corrected chi connectivity index (χ3v) is 3.11. The van der Waals surface area contributed by atoms with Crippen LogP contribution in [0.1, 0.15) is 5.56 Å². The van der Waals surface area contributed by atoms with Gasteiger partial charge >= 0.3 is 0 Å². The Morgan fingerprint density at radius 3 is 2.47 bits per heavy atom. The molecular formula is C12H17N2O3+. The lowest BCUT2D eigenvalue weighted by molar-refractivity contribution is -0.907. The first-order valence-corrected chi connectivity index (χ1v) is 5.90. The maximum absolute atomic E-state index is 10.5. The molecule has 5 nitrogen and oxygen atoms in total. The van der Waals surface area contributed by atoms with Gasteiger partial charge in [-0.2, -0.15) is 0 Å². The molecule has 5 heteroatoms. The smallest absolute Gasteiger partial charge is 0.269 e. The summed E-state index contributed by atoms with van der Waals surface area (Å²) in [4.78, 5) is 11.7. The standard InChI is InChI=1S/C12H16N2O3/c15-14(16)12-3-1-11(2-4-12)5-6-13-7-9-17-10-8-13/h1-4H,5-10H2/p+1. The van der Waals surface area contributed by atoms with E-state index >= 15 is 0 Å². The van der Waals surface area contributed by atoms with Gasteiger partial charge in [0.2, 0.25) is 0 Å². The quantitative estimate of drug-likeness (QED) is 0.595. The van der Waals surface area contributed by atoms with Crippen molar-refractivity contribution in [2.24, 2.45) is 0 Å². The summed E-state index contributed by atoms with van der Waals surface area (Å²) in [6, 6.07) is 6.84. The highest BCUT2D eigenvalue weighted by Gasteiger charge is 2.13. The Kier molecular flexibility index (Phi) is 4.06. The summed E-state index contributed by atoms with van der Waals surface area (Å²) < 4.78 is 5.30. The molecule has 0 aromatic heterocycles. The summed E-state index contributed by atoms with van der Waals surface area (Å²) in [5.74, 6) is 0. The number of quaternary nitrogens is 1. The van der Waals surface area contributed by atoms with Crippen LogP contribution in [0, 0.1) is 10.1 Å². The number of nitrogens with zero attached hydrogens (tertiary/aromatic N) is 1. The number of ether oxygens (including phenoxy) is 1. The van der Waals surface area contributed by atoms with E-state index in [0.717, 1.165) is 44.8 Å². The van der Waals surface area contributed by atoms with Crippen LogP contribution in [0.4, 0.5) is 5.69 Å². The second-order valence-corrected chi connectivity index (χ2v) is 4.29. The minimum absolute atomic E-state index is 0.160. The predicted molar refractivity (Wildman–Crippen MR) is 63.2 cm³/mol. The molecule has 2 rings (SSSR count). The van der Waals surface area contributed by atoms with Crippen molar-refractivity contribution in [3.63, 3.8) is 0 Å². The van der Waals surface area contributed by atoms with Gasteiger partial charge in [-0.1, -0.05) is 12.1 Å². The Hall–Kier alpha value is -1.46. The van der Waals surface area contributed by atoms with Gasteiger partial charge in [-0.15, -0.1) is 0 Å². The Labute approximate surface area is 100 Å². The van der Waals surface area contributed by atoms with Gasteiger partial charge in [0, 0.05) is 18.6 Å². The summed E-state index contributed by atoms with van der Waals surface area (Å²) in [5, 5.41) is 10.5. The molecule has 1 aromatic carbocycles. The number of nitro benzene ring substituents is 1. The van der Waals surface area contributed by atoms with Crippen LogP contribution in [0.3, 0.4) is 0 Å². The van der Waals surface area contributed by atoms with E-state index in [-0.39, 0.29) is 10.6 Å². The van der Waals surface area contributed by atoms with E-state index in [4.69, 9.17) is 4.74 Å². The summed E-state index contributed by atoms with van der Waals surface area (Å²) in [7, 11) is 0. The molecule has 0 spiro atoms. The lowest BCUT2D eigenvalue weighted by atomic mass is 10.1. The van der Waals surface area contributed by atoms with Crippen LogP contribution >= 0.6 is 0 Å². The molecule has 1 aromatic rings. The molecule has 92 valence electrons. The van der Waals surface area contributed by atoms with Gasteiger partial charge in [-0.05, 0) is 5.56 Å². The average Bonchev–Trinajstić information content (AvgIpc) is 2.38. The minimum Gasteiger partial charge on any atom is -0.370 e. The van der Waals surface area contributed by atoms with Gasteiger partial charge in [0.05, 0.1) is 24.7 Å². The van der Waals surface area contributed by atoms with Gasteiger partial charge in [0.15, 0.2) is 0 Å². The van der Waals surface area contributed by atoms with Gasteiger partial charge in [0.25, 0.3) is 5.69 Å². The molecule has 1 aliphatic rings. The van der Waals surface area contributed by atoms with Crippen LogP contribution in [-0.2, 0) is 11.2 Å². The van der Waals surface area contributed by atoms with Crippen molar-refractivity contribution in [1.82, 2.24) is 0 Å². The fourth-order valence-electron chi connectivity index (χ4n) is 2.02. The van der Waals surface area contributed by atoms with Crippen molar-refractivity contribution in [2.75, 3.05) is 32.8 Å². The highest BCUT2D eigenvalue weighted by atomic mass is 16.6. The number of rotatable bonds is 4. The van der Waals surface area contributed by atoms with Crippen molar-refractivity contribution in [1.29, 1.82) is 0 Å². The Bertz CT molecular complexity index is 372. The van der Waals surface area contributed by atoms with E-state index in [0.29, 0.717) is 0 Å². The van der Waals surface area contributed by atoms with Crippen LogP contribution in [0.15, 0.2) is 24.3 Å². The molecular weight excluding hydrogens is 220 g/mol. The highest BCUT2D eigenvalue weighted by Crippen LogP contribution is 2.11. The Balaban J connectivity index is 1.84. The van der Waals surface area contributed by atoms with E-state index in [1.807, 2.05) is 12.1 Å². The van der Waals surface area contributed by atoms with E-state index in [1.54, 1.807) is 17.0 Å². The number of benzene rings is 1. The first-order chi connectivity index (χ1) is 8.25. The molecule has 1 fully saturated rings. The summed E-state index contributed by atoms with van der Waals surface area (Å²) in [6.45, 7) is 4.88. The number of nitrogens with one attached hydrogen (secondary N) is 1. The number of hydrogen-bond acceptors (Lipinski definition) is 3. The van der Waals surface area contributed by atoms with Gasteiger partial charge < -0.3 is 9.64 Å². The number of nitro groups is 1. The summed E-state index contributed by atoms with van der Waals surface area (Å²) in [5.41, 5.74) is 1.32. The van der Waals surface area contributed by atoms with E-state index in [2.05, 4.69) is 0 Å². The lowest BCUT2D eigenvalue weighted by Crippen LogP contribution is -3.14. The fourth-order valence-corrected chi connectivity index (χ4v) is 2.02. The topological polar surface area (TPSA) is 56.8 Å². The lowest BCUT2D eigenvalue weighted by Gasteiger charge is -2.23. The molecule has 1 heterocycles. The van der Waals surface area contributed by atoms with E-state index in [9.17, 15) is 10.1 Å². The summed E-state index contributed by atoms with van der Waals surface area (Å²) in [6.07, 6.45) is 0.966. The molecule has 0 saturated carbocycles. The van der Waals surface area contributed by atoms with Crippen molar-refractivity contribution in [2.45, 2.75) is 6.42 Å². The molecule has 0 bridgehead atoms. The molecule has 0 atom stereocenters. The average molecular weight is 237 g/mol. The van der Waals surface area contributed by atoms with Crippen molar-refractivity contribution < 1.29 is 14.6 Å². The van der Waals surface area contributed by atoms with Gasteiger partial charge in [-0.3, -0.25) is 10.1 Å². The van der Waals surface area contributed by atoms with Crippen LogP contribution in [-0.4, -0.2) is 37.8 Å². The maximum atomic E-state index is 10.5. The van der Waals surface area contributed by atoms with Crippen LogP contribution < -0.4 is 4.90 Å². The first-order valence-electron chi connectivity index (χ1n) is 5.90. The Morgan fingerprint density at radius 2 is 1.88 bits per heavy atom. The van der Waals surface area contributed by atoms with E-state index in [1.165, 1.54) is 0 Å². The largest absolute Gasteiger partial charge is 0.370 e. The second kappa shape index (κ2) is 5.75. The molecule has 0 radical (unpaired) electrons. The number of morpholine rings is 1. The highest BCUT2D eigenvalue weighted by molar-refractivity contribution is 5.32. The van der Waals surface area contributed by atoms with Crippen molar-refractivity contribution >= 4 is 5.69 Å². The molecule has 1 N–H and O–H groups in total. The third-order valence-electron chi connectivity index (χ3n) is 3.11. The molecule has 17 heavy (non-hydrogen) atoms. The molecule has 1 saturated heterocycles. The predicted octanol–water partition coefficient (Wildman–Crippen LogP) is 0.0524. The van der Waals surface area contributed by atoms with Gasteiger partial charge in [-0.25, -0.2) is 0 Å². The second-order valence-electron chi connectivity index (χ2n) is 4.29. The first kappa shape index (κ1) is 12.0. The van der Waals surface area contributed by atoms with Gasteiger partial charge in [0.1, 0.15) is 13.1 Å². The Morgan fingerprint density at radius 1 is 1.24 bits per heavy atom. The third kappa shape index (κ3) is 3.51. The van der Waals surface area contributed by atoms with Crippen LogP contribution in [0.5, 0.6) is 0 Å². The SMILES string of the molecule is O=[N+]([O-])c1ccc(CC[NH+]2CCOCC2)cc1. The number of hydrogen-bond donors (Lipinski definition) is 1. The monoisotopic (exact) mass is 237 g/mol. The molecule has 1 aliphatic heterocycles. The zero-order chi connectivity index (χ0) is 12.1. The zero-order valence-corrected chi connectivity index (χ0v) is 9.72. The van der Waals surface area contributed by atoms with Crippen LogP contribution in [0.25, 0.3) is 0 Å². The molecule has 0 aliphatic carbocycles. The minimum atomic E-state index is -0.364. The number of non-ortho nitro benzene ring substituents is 1. The maximum Gasteiger partial charge on any atom is 0.269 e. The van der Waals surface area contributed by atoms with E-state index < -0.39 is 0 Å².